The van der Waals surface area contributed by atoms with Gasteiger partial charge >= 0.3 is 0 Å². The van der Waals surface area contributed by atoms with E-state index < -0.39 is 5.41 Å². The minimum Gasteiger partial charge on any atom is -0.303 e. The Hall–Kier alpha value is -0.650. The number of likely N-dealkylation sites (tertiary alicyclic amines) is 1. The Labute approximate surface area is 111 Å². The minimum absolute atomic E-state index is 0.0969. The highest BCUT2D eigenvalue weighted by molar-refractivity contribution is 5.81. The lowest BCUT2D eigenvalue weighted by Crippen LogP contribution is -2.50. The third kappa shape index (κ3) is 3.93. The van der Waals surface area contributed by atoms with Crippen molar-refractivity contribution in [1.29, 1.82) is 0 Å². The Balaban J connectivity index is 2.46. The van der Waals surface area contributed by atoms with E-state index in [0.717, 1.165) is 26.2 Å². The number of hydrazine groups is 1. The molecule has 3 N–H and O–H groups in total. The lowest BCUT2D eigenvalue weighted by molar-refractivity contribution is -0.130. The zero-order chi connectivity index (χ0) is 13.8. The van der Waals surface area contributed by atoms with Crippen molar-refractivity contribution in [3.05, 3.63) is 0 Å². The van der Waals surface area contributed by atoms with Crippen molar-refractivity contribution in [3.8, 4) is 0 Å². The fraction of sp³-hybridized carbons (Fsp3) is 0.923. The second-order valence-electron chi connectivity index (χ2n) is 5.94. The van der Waals surface area contributed by atoms with Gasteiger partial charge in [0, 0.05) is 12.6 Å². The van der Waals surface area contributed by atoms with E-state index in [1.807, 2.05) is 13.8 Å². The Kier molecular flexibility index (Phi) is 5.56. The molecule has 0 radical (unpaired) electrons. The number of hydrogen-bond donors (Lipinski definition) is 2. The molecule has 0 aromatic carbocycles. The van der Waals surface area contributed by atoms with Crippen molar-refractivity contribution >= 4 is 5.91 Å². The molecule has 1 aliphatic rings. The van der Waals surface area contributed by atoms with Crippen molar-refractivity contribution in [2.24, 2.45) is 11.3 Å². The zero-order valence-electron chi connectivity index (χ0n) is 12.2. The van der Waals surface area contributed by atoms with Crippen LogP contribution >= 0.6 is 0 Å². The molecule has 0 bridgehead atoms. The maximum Gasteiger partial charge on any atom is 0.240 e. The van der Waals surface area contributed by atoms with Crippen LogP contribution in [-0.2, 0) is 4.79 Å². The molecule has 5 nitrogen and oxygen atoms in total. The van der Waals surface area contributed by atoms with Crippen LogP contribution < -0.4 is 11.3 Å². The smallest absolute Gasteiger partial charge is 0.240 e. The zero-order valence-corrected chi connectivity index (χ0v) is 12.2. The number of carbonyl (C=O) groups excluding carboxylic acids is 1. The number of nitrogens with two attached hydrogens (primary N) is 1. The molecule has 1 amide bonds. The summed E-state index contributed by atoms with van der Waals surface area (Å²) in [6.07, 6.45) is 2.37. The van der Waals surface area contributed by atoms with Crippen molar-refractivity contribution in [3.63, 3.8) is 0 Å². The van der Waals surface area contributed by atoms with E-state index in [1.165, 1.54) is 12.8 Å². The molecular weight excluding hydrogens is 228 g/mol. The maximum absolute atomic E-state index is 11.7. The van der Waals surface area contributed by atoms with Gasteiger partial charge in [0.2, 0.25) is 5.91 Å². The fourth-order valence-corrected chi connectivity index (χ4v) is 2.70. The van der Waals surface area contributed by atoms with Gasteiger partial charge in [0.05, 0.1) is 5.41 Å². The van der Waals surface area contributed by atoms with Gasteiger partial charge in [-0.05, 0) is 53.4 Å². The van der Waals surface area contributed by atoms with Crippen LogP contribution in [0.5, 0.6) is 0 Å². The molecule has 0 aromatic rings. The van der Waals surface area contributed by atoms with Gasteiger partial charge in [-0.3, -0.25) is 10.2 Å². The monoisotopic (exact) mass is 256 g/mol. The fourth-order valence-electron chi connectivity index (χ4n) is 2.70. The molecule has 0 atom stereocenters. The Morgan fingerprint density at radius 1 is 1.44 bits per heavy atom. The number of amides is 1. The quantitative estimate of drug-likeness (QED) is 0.425. The molecule has 0 aliphatic carbocycles. The van der Waals surface area contributed by atoms with E-state index in [1.54, 1.807) is 0 Å². The third-order valence-corrected chi connectivity index (χ3v) is 4.02. The van der Waals surface area contributed by atoms with Crippen LogP contribution in [-0.4, -0.2) is 55.0 Å². The number of rotatable bonds is 5. The number of nitrogens with one attached hydrogen (secondary N) is 1. The molecule has 0 aromatic heterocycles. The van der Waals surface area contributed by atoms with Crippen LogP contribution in [0.4, 0.5) is 0 Å². The molecule has 1 saturated heterocycles. The summed E-state index contributed by atoms with van der Waals surface area (Å²) in [7, 11) is 2.11. The first kappa shape index (κ1) is 15.4. The van der Waals surface area contributed by atoms with Crippen LogP contribution in [0.15, 0.2) is 0 Å². The summed E-state index contributed by atoms with van der Waals surface area (Å²) in [6, 6.07) is 0.581. The van der Waals surface area contributed by atoms with Gasteiger partial charge in [-0.15, -0.1) is 0 Å². The second-order valence-corrected chi connectivity index (χ2v) is 5.94. The average Bonchev–Trinajstić information content (AvgIpc) is 2.37. The summed E-state index contributed by atoms with van der Waals surface area (Å²) in [6.45, 7) is 10.3. The topological polar surface area (TPSA) is 61.6 Å². The molecular formula is C13H28N4O. The lowest BCUT2D eigenvalue weighted by Gasteiger charge is -2.39. The van der Waals surface area contributed by atoms with Crippen LogP contribution in [0.3, 0.4) is 0 Å². The Morgan fingerprint density at radius 2 is 2.00 bits per heavy atom. The van der Waals surface area contributed by atoms with Gasteiger partial charge in [-0.25, -0.2) is 5.84 Å². The van der Waals surface area contributed by atoms with E-state index >= 15 is 0 Å². The Morgan fingerprint density at radius 3 is 2.44 bits per heavy atom. The van der Waals surface area contributed by atoms with Crippen LogP contribution in [0.2, 0.25) is 0 Å². The SMILES string of the molecule is CCN1CCC(N(C)CC(C)(C)C(=O)NN)CC1. The van der Waals surface area contributed by atoms with E-state index in [4.69, 9.17) is 5.84 Å². The number of carbonyl (C=O) groups is 1. The van der Waals surface area contributed by atoms with E-state index in [0.29, 0.717) is 6.04 Å². The van der Waals surface area contributed by atoms with E-state index in [2.05, 4.69) is 29.2 Å². The standard InChI is InChI=1S/C13H28N4O/c1-5-17-8-6-11(7-9-17)16(4)10-13(2,3)12(18)15-14/h11H,5-10,14H2,1-4H3,(H,15,18). The first-order valence-corrected chi connectivity index (χ1v) is 6.84. The van der Waals surface area contributed by atoms with Crippen LogP contribution in [0, 0.1) is 5.41 Å². The van der Waals surface area contributed by atoms with Gasteiger partial charge in [-0.2, -0.15) is 0 Å². The van der Waals surface area contributed by atoms with Crippen molar-refractivity contribution in [2.45, 2.75) is 39.7 Å². The van der Waals surface area contributed by atoms with Gasteiger partial charge in [0.1, 0.15) is 0 Å². The van der Waals surface area contributed by atoms with Crippen molar-refractivity contribution in [2.75, 3.05) is 33.2 Å². The molecule has 5 heteroatoms. The number of hydrogen-bond acceptors (Lipinski definition) is 4. The van der Waals surface area contributed by atoms with Gasteiger partial charge in [-0.1, -0.05) is 6.92 Å². The summed E-state index contributed by atoms with van der Waals surface area (Å²) in [5.41, 5.74) is 1.82. The van der Waals surface area contributed by atoms with E-state index in [9.17, 15) is 4.79 Å². The summed E-state index contributed by atoms with van der Waals surface area (Å²) in [5.74, 6) is 5.13. The maximum atomic E-state index is 11.7. The average molecular weight is 256 g/mol. The minimum atomic E-state index is -0.439. The predicted molar refractivity (Wildman–Crippen MR) is 73.9 cm³/mol. The van der Waals surface area contributed by atoms with E-state index in [-0.39, 0.29) is 5.91 Å². The molecule has 1 fully saturated rings. The number of piperidine rings is 1. The molecule has 18 heavy (non-hydrogen) atoms. The Bertz CT molecular complexity index is 272. The summed E-state index contributed by atoms with van der Waals surface area (Å²) in [4.78, 5) is 16.5. The molecule has 0 unspecified atom stereocenters. The van der Waals surface area contributed by atoms with Crippen LogP contribution in [0.25, 0.3) is 0 Å². The first-order chi connectivity index (χ1) is 8.40. The summed E-state index contributed by atoms with van der Waals surface area (Å²) >= 11 is 0. The van der Waals surface area contributed by atoms with Crippen molar-refractivity contribution in [1.82, 2.24) is 15.2 Å². The number of nitrogens with zero attached hydrogens (tertiary/aromatic N) is 2. The molecule has 0 spiro atoms. The highest BCUT2D eigenvalue weighted by Gasteiger charge is 2.31. The lowest BCUT2D eigenvalue weighted by atomic mass is 9.90. The second kappa shape index (κ2) is 6.50. The molecule has 0 saturated carbocycles. The van der Waals surface area contributed by atoms with Gasteiger partial charge in [0.25, 0.3) is 0 Å². The van der Waals surface area contributed by atoms with Crippen LogP contribution in [0.1, 0.15) is 33.6 Å². The highest BCUT2D eigenvalue weighted by atomic mass is 16.2. The third-order valence-electron chi connectivity index (χ3n) is 4.02. The molecule has 106 valence electrons. The molecule has 1 aliphatic heterocycles. The highest BCUT2D eigenvalue weighted by Crippen LogP contribution is 2.21. The largest absolute Gasteiger partial charge is 0.303 e. The predicted octanol–water partition coefficient (Wildman–Crippen LogP) is 0.419. The first-order valence-electron chi connectivity index (χ1n) is 6.84. The molecule has 1 heterocycles. The summed E-state index contributed by atoms with van der Waals surface area (Å²) in [5, 5.41) is 0. The van der Waals surface area contributed by atoms with Gasteiger partial charge < -0.3 is 9.80 Å². The normalized spacial score (nSPS) is 19.2. The van der Waals surface area contributed by atoms with Crippen molar-refractivity contribution < 1.29 is 4.79 Å². The van der Waals surface area contributed by atoms with Gasteiger partial charge in [0.15, 0.2) is 0 Å². The molecule has 1 rings (SSSR count). The summed E-state index contributed by atoms with van der Waals surface area (Å²) < 4.78 is 0.